The lowest BCUT2D eigenvalue weighted by atomic mass is 9.92. The number of hydrogen-bond donors (Lipinski definition) is 1. The minimum absolute atomic E-state index is 0.0787. The van der Waals surface area contributed by atoms with E-state index in [0.717, 1.165) is 42.4 Å². The lowest BCUT2D eigenvalue weighted by Gasteiger charge is -2.30. The molecule has 0 saturated heterocycles. The van der Waals surface area contributed by atoms with E-state index >= 15 is 4.39 Å². The van der Waals surface area contributed by atoms with Crippen LogP contribution in [0.25, 0.3) is 32.1 Å². The summed E-state index contributed by atoms with van der Waals surface area (Å²) < 4.78 is 82.3. The quantitative estimate of drug-likeness (QED) is 0.240. The summed E-state index contributed by atoms with van der Waals surface area (Å²) >= 11 is 0.708. The predicted molar refractivity (Wildman–Crippen MR) is 146 cm³/mol. The Labute approximate surface area is 238 Å². The summed E-state index contributed by atoms with van der Waals surface area (Å²) in [7, 11) is 1.28. The summed E-state index contributed by atoms with van der Waals surface area (Å²) in [5.41, 5.74) is 4.61. The molecule has 8 nitrogen and oxygen atoms in total. The van der Waals surface area contributed by atoms with Gasteiger partial charge in [-0.25, -0.2) is 8.78 Å². The van der Waals surface area contributed by atoms with Crippen molar-refractivity contribution in [2.24, 2.45) is 0 Å². The predicted octanol–water partition coefficient (Wildman–Crippen LogP) is 6.37. The van der Waals surface area contributed by atoms with Gasteiger partial charge in [0.25, 0.3) is 0 Å². The second kappa shape index (κ2) is 9.25. The van der Waals surface area contributed by atoms with Gasteiger partial charge in [0.1, 0.15) is 28.2 Å². The van der Waals surface area contributed by atoms with Gasteiger partial charge < -0.3 is 15.4 Å². The minimum atomic E-state index is -5.03. The lowest BCUT2D eigenvalue weighted by Crippen LogP contribution is -2.34. The Kier molecular flexibility index (Phi) is 5.81. The standard InChI is InChI=1S/C28H20F5N7OS/c1-41-27-36-23-15(26(37-27)39-6-7-40-13(11-39)8-19(38-40)12-2-3-12)9-17(28(31,32)33)21(22(23)30)14-4-5-18(29)24-20(14)16(10-34)25(35)42-24/h4-5,8-9,12H,2-3,6-7,11,35H2,1H3. The van der Waals surface area contributed by atoms with Gasteiger partial charge in [0.2, 0.25) is 0 Å². The SMILES string of the molecule is COc1nc(N2CCn3nc(C4CC4)cc3C2)c2cc(C(F)(F)F)c(-c3ccc(F)c4sc(N)c(C#N)c34)c(F)c2n1. The number of ether oxygens (including phenoxy) is 1. The maximum atomic E-state index is 16.5. The highest BCUT2D eigenvalue weighted by molar-refractivity contribution is 7.23. The first-order valence-electron chi connectivity index (χ1n) is 13.0. The molecule has 2 N–H and O–H groups in total. The number of aromatic nitrogens is 4. The van der Waals surface area contributed by atoms with Crippen molar-refractivity contribution in [1.29, 1.82) is 5.26 Å². The molecule has 2 aliphatic rings. The zero-order valence-corrected chi connectivity index (χ0v) is 22.7. The summed E-state index contributed by atoms with van der Waals surface area (Å²) in [5, 5.41) is 13.9. The molecule has 4 heterocycles. The number of methoxy groups -OCH3 is 1. The lowest BCUT2D eigenvalue weighted by molar-refractivity contribution is -0.137. The van der Waals surface area contributed by atoms with Crippen molar-refractivity contribution in [2.45, 2.75) is 38.0 Å². The Morgan fingerprint density at radius 2 is 1.93 bits per heavy atom. The fraction of sp³-hybridized carbons (Fsp3) is 0.286. The Balaban J connectivity index is 1.48. The molecule has 0 radical (unpaired) electrons. The van der Waals surface area contributed by atoms with Gasteiger partial charge in [-0.1, -0.05) is 6.07 Å². The summed E-state index contributed by atoms with van der Waals surface area (Å²) in [4.78, 5) is 10.2. The molecule has 1 saturated carbocycles. The van der Waals surface area contributed by atoms with E-state index in [2.05, 4.69) is 15.1 Å². The maximum absolute atomic E-state index is 16.5. The van der Waals surface area contributed by atoms with E-state index in [1.54, 1.807) is 4.90 Å². The van der Waals surface area contributed by atoms with Crippen LogP contribution in [0.5, 0.6) is 6.01 Å². The fourth-order valence-corrected chi connectivity index (χ4v) is 6.52. The van der Waals surface area contributed by atoms with Crippen molar-refractivity contribution in [2.75, 3.05) is 24.3 Å². The molecule has 0 atom stereocenters. The van der Waals surface area contributed by atoms with Crippen LogP contribution in [-0.2, 0) is 19.3 Å². The molecule has 0 spiro atoms. The number of thiophene rings is 1. The highest BCUT2D eigenvalue weighted by Gasteiger charge is 2.39. The smallest absolute Gasteiger partial charge is 0.417 e. The highest BCUT2D eigenvalue weighted by Crippen LogP contribution is 2.48. The molecule has 1 aliphatic heterocycles. The molecule has 0 bridgehead atoms. The molecule has 5 aromatic rings. The molecule has 0 amide bonds. The summed E-state index contributed by atoms with van der Waals surface area (Å²) in [6.07, 6.45) is -2.88. The van der Waals surface area contributed by atoms with Crippen LogP contribution in [-0.4, -0.2) is 33.4 Å². The van der Waals surface area contributed by atoms with Crippen LogP contribution in [0, 0.1) is 23.0 Å². The van der Waals surface area contributed by atoms with E-state index in [9.17, 15) is 22.8 Å². The highest BCUT2D eigenvalue weighted by atomic mass is 32.1. The van der Waals surface area contributed by atoms with E-state index in [1.807, 2.05) is 16.8 Å². The molecular weight excluding hydrogens is 577 g/mol. The van der Waals surface area contributed by atoms with E-state index in [1.165, 1.54) is 7.11 Å². The number of fused-ring (bicyclic) bond motifs is 3. The van der Waals surface area contributed by atoms with Gasteiger partial charge in [-0.05, 0) is 36.6 Å². The maximum Gasteiger partial charge on any atom is 0.417 e. The molecule has 0 unspecified atom stereocenters. The van der Waals surface area contributed by atoms with E-state index in [-0.39, 0.29) is 50.0 Å². The summed E-state index contributed by atoms with van der Waals surface area (Å²) in [6, 6.07) is 6.33. The van der Waals surface area contributed by atoms with Crippen LogP contribution in [0.4, 0.5) is 32.8 Å². The van der Waals surface area contributed by atoms with Crippen LogP contribution in [0.2, 0.25) is 0 Å². The number of halogens is 5. The van der Waals surface area contributed by atoms with E-state index < -0.39 is 34.5 Å². The number of nitrogens with zero attached hydrogens (tertiary/aromatic N) is 6. The van der Waals surface area contributed by atoms with Gasteiger partial charge in [0.05, 0.1) is 47.4 Å². The summed E-state index contributed by atoms with van der Waals surface area (Å²) in [6.45, 7) is 1.11. The van der Waals surface area contributed by atoms with Crippen LogP contribution in [0.1, 0.15) is 41.3 Å². The van der Waals surface area contributed by atoms with Gasteiger partial charge in [0.15, 0.2) is 5.82 Å². The van der Waals surface area contributed by atoms with Crippen LogP contribution in [0.3, 0.4) is 0 Å². The van der Waals surface area contributed by atoms with Crippen molar-refractivity contribution in [3.05, 3.63) is 58.4 Å². The number of anilines is 2. The summed E-state index contributed by atoms with van der Waals surface area (Å²) in [5.74, 6) is -1.59. The average molecular weight is 598 g/mol. The third-order valence-electron chi connectivity index (χ3n) is 7.69. The normalized spacial score (nSPS) is 15.3. The molecule has 42 heavy (non-hydrogen) atoms. The third kappa shape index (κ3) is 4.02. The van der Waals surface area contributed by atoms with Crippen molar-refractivity contribution in [1.82, 2.24) is 19.7 Å². The first kappa shape index (κ1) is 26.4. The Bertz CT molecular complexity index is 1970. The van der Waals surface area contributed by atoms with Crippen molar-refractivity contribution < 1.29 is 26.7 Å². The fourth-order valence-electron chi connectivity index (χ4n) is 5.57. The van der Waals surface area contributed by atoms with Crippen molar-refractivity contribution in [3.8, 4) is 23.2 Å². The van der Waals surface area contributed by atoms with Gasteiger partial charge >= 0.3 is 12.2 Å². The monoisotopic (exact) mass is 597 g/mol. The number of benzene rings is 2. The van der Waals surface area contributed by atoms with E-state index in [4.69, 9.17) is 10.5 Å². The number of nitriles is 1. The zero-order valence-electron chi connectivity index (χ0n) is 21.9. The Hall–Kier alpha value is -4.51. The molecular formula is C28H20F5N7OS. The van der Waals surface area contributed by atoms with Crippen molar-refractivity contribution in [3.63, 3.8) is 0 Å². The van der Waals surface area contributed by atoms with Gasteiger partial charge in [-0.2, -0.15) is 33.5 Å². The number of hydrogen-bond acceptors (Lipinski definition) is 8. The Morgan fingerprint density at radius 3 is 2.62 bits per heavy atom. The molecule has 3 aromatic heterocycles. The molecule has 1 fully saturated rings. The van der Waals surface area contributed by atoms with Gasteiger partial charge in [-0.15, -0.1) is 11.3 Å². The van der Waals surface area contributed by atoms with Crippen LogP contribution in [0.15, 0.2) is 24.3 Å². The number of nitrogens with two attached hydrogens (primary N) is 1. The number of nitrogen functional groups attached to an aromatic ring is 1. The number of rotatable bonds is 4. The molecule has 1 aliphatic carbocycles. The third-order valence-corrected chi connectivity index (χ3v) is 8.72. The number of alkyl halides is 3. The molecule has 14 heteroatoms. The van der Waals surface area contributed by atoms with Gasteiger partial charge in [-0.3, -0.25) is 4.68 Å². The zero-order chi connectivity index (χ0) is 29.5. The molecule has 214 valence electrons. The average Bonchev–Trinajstić information content (AvgIpc) is 3.63. The first-order valence-corrected chi connectivity index (χ1v) is 13.8. The van der Waals surface area contributed by atoms with Crippen molar-refractivity contribution >= 4 is 43.1 Å². The largest absolute Gasteiger partial charge is 0.467 e. The van der Waals surface area contributed by atoms with Crippen LogP contribution < -0.4 is 15.4 Å². The molecule has 2 aromatic carbocycles. The first-order chi connectivity index (χ1) is 20.1. The molecule has 7 rings (SSSR count). The topological polar surface area (TPSA) is 106 Å². The van der Waals surface area contributed by atoms with Gasteiger partial charge in [0, 0.05) is 28.8 Å². The Morgan fingerprint density at radius 1 is 1.14 bits per heavy atom. The van der Waals surface area contributed by atoms with E-state index in [0.29, 0.717) is 30.3 Å². The minimum Gasteiger partial charge on any atom is -0.467 e. The second-order valence-electron chi connectivity index (χ2n) is 10.3. The second-order valence-corrected chi connectivity index (χ2v) is 11.3. The van der Waals surface area contributed by atoms with Crippen LogP contribution >= 0.6 is 11.3 Å².